The molecule has 0 fully saturated rings. The molecule has 3 heteroatoms. The van der Waals surface area contributed by atoms with Crippen LogP contribution in [0.4, 0.5) is 17.1 Å². The van der Waals surface area contributed by atoms with Gasteiger partial charge in [-0.25, -0.2) is 0 Å². The smallest absolute Gasteiger partial charge is 0.143 e. The van der Waals surface area contributed by atoms with Gasteiger partial charge >= 0.3 is 0 Å². The number of aromatic nitrogens is 1. The number of fused-ring (bicyclic) bond motifs is 6. The van der Waals surface area contributed by atoms with E-state index in [0.717, 1.165) is 78.0 Å². The van der Waals surface area contributed by atoms with E-state index in [1.54, 1.807) is 0 Å². The third kappa shape index (κ3) is 6.29. The number of hydrogen-bond acceptors (Lipinski definition) is 2. The fraction of sp³-hybridized carbons (Fsp3) is 0. The Kier molecular flexibility index (Phi) is 8.83. The van der Waals surface area contributed by atoms with Crippen molar-refractivity contribution in [2.75, 3.05) is 4.90 Å². The highest BCUT2D eigenvalue weighted by molar-refractivity contribution is 6.14. The highest BCUT2D eigenvalue weighted by Gasteiger charge is 2.23. The summed E-state index contributed by atoms with van der Waals surface area (Å²) in [5.41, 5.74) is 17.4. The zero-order chi connectivity index (χ0) is 41.7. The molecule has 0 atom stereocenters. The summed E-state index contributed by atoms with van der Waals surface area (Å²) in [4.78, 5) is 2.41. The van der Waals surface area contributed by atoms with Gasteiger partial charge in [-0.15, -0.1) is 0 Å². The van der Waals surface area contributed by atoms with Gasteiger partial charge in [-0.1, -0.05) is 182 Å². The largest absolute Gasteiger partial charge is 0.455 e. The topological polar surface area (TPSA) is 21.3 Å². The molecule has 2 aromatic heterocycles. The Hall–Kier alpha value is -8.40. The van der Waals surface area contributed by atoms with Crippen LogP contribution in [-0.2, 0) is 0 Å². The average molecular weight is 805 g/mol. The van der Waals surface area contributed by atoms with Gasteiger partial charge in [0.1, 0.15) is 11.2 Å². The molecule has 0 amide bonds. The van der Waals surface area contributed by atoms with Gasteiger partial charge in [0, 0.05) is 49.7 Å². The van der Waals surface area contributed by atoms with Crippen LogP contribution in [0.2, 0.25) is 0 Å². The van der Waals surface area contributed by atoms with Crippen molar-refractivity contribution in [1.82, 2.24) is 4.57 Å². The van der Waals surface area contributed by atoms with Crippen molar-refractivity contribution in [2.45, 2.75) is 0 Å². The summed E-state index contributed by atoms with van der Waals surface area (Å²) in [7, 11) is 0. The van der Waals surface area contributed by atoms with E-state index < -0.39 is 0 Å². The highest BCUT2D eigenvalue weighted by Crippen LogP contribution is 2.47. The molecule has 3 nitrogen and oxygen atoms in total. The summed E-state index contributed by atoms with van der Waals surface area (Å²) in [6.45, 7) is 0. The highest BCUT2D eigenvalue weighted by atomic mass is 16.3. The van der Waals surface area contributed by atoms with Gasteiger partial charge in [0.25, 0.3) is 0 Å². The number of rotatable bonds is 8. The lowest BCUT2D eigenvalue weighted by Gasteiger charge is -2.28. The summed E-state index contributed by atoms with van der Waals surface area (Å²) in [6, 6.07) is 87.1. The Morgan fingerprint density at radius 3 is 1.49 bits per heavy atom. The molecule has 0 aliphatic heterocycles. The number of furan rings is 1. The molecule has 296 valence electrons. The average Bonchev–Trinajstić information content (AvgIpc) is 3.91. The molecular weight excluding hydrogens is 765 g/mol. The van der Waals surface area contributed by atoms with Gasteiger partial charge in [0.2, 0.25) is 0 Å². The van der Waals surface area contributed by atoms with Crippen molar-refractivity contribution in [2.24, 2.45) is 0 Å². The van der Waals surface area contributed by atoms with E-state index in [1.165, 1.54) is 33.0 Å². The van der Waals surface area contributed by atoms with Gasteiger partial charge in [0.05, 0.1) is 16.7 Å². The van der Waals surface area contributed by atoms with Crippen LogP contribution in [0.3, 0.4) is 0 Å². The van der Waals surface area contributed by atoms with Crippen LogP contribution in [-0.4, -0.2) is 4.57 Å². The van der Waals surface area contributed by atoms with Crippen molar-refractivity contribution in [3.8, 4) is 50.2 Å². The number of benzene rings is 10. The minimum atomic E-state index is 0.858. The molecule has 0 radical (unpaired) electrons. The molecule has 10 aromatic carbocycles. The molecule has 0 spiro atoms. The molecule has 12 aromatic rings. The molecule has 12 rings (SSSR count). The third-order valence-electron chi connectivity index (χ3n) is 12.4. The van der Waals surface area contributed by atoms with Crippen LogP contribution < -0.4 is 4.90 Å². The van der Waals surface area contributed by atoms with Gasteiger partial charge in [-0.3, -0.25) is 0 Å². The second-order valence-electron chi connectivity index (χ2n) is 16.1. The molecule has 0 saturated heterocycles. The monoisotopic (exact) mass is 804 g/mol. The van der Waals surface area contributed by atoms with Crippen LogP contribution in [0, 0.1) is 0 Å². The summed E-state index contributed by atoms with van der Waals surface area (Å²) in [6.07, 6.45) is 0. The van der Waals surface area contributed by atoms with Crippen LogP contribution in [0.1, 0.15) is 0 Å². The van der Waals surface area contributed by atoms with E-state index in [1.807, 2.05) is 0 Å². The minimum Gasteiger partial charge on any atom is -0.455 e. The first-order valence-electron chi connectivity index (χ1n) is 21.5. The van der Waals surface area contributed by atoms with Crippen molar-refractivity contribution >= 4 is 60.8 Å². The summed E-state index contributed by atoms with van der Waals surface area (Å²) in [5, 5.41) is 4.59. The fourth-order valence-electron chi connectivity index (χ4n) is 9.50. The van der Waals surface area contributed by atoms with Crippen LogP contribution in [0.15, 0.2) is 247 Å². The van der Waals surface area contributed by atoms with Gasteiger partial charge in [-0.05, 0) is 94.0 Å². The lowest BCUT2D eigenvalue weighted by molar-refractivity contribution is 0.670. The SMILES string of the molecule is c1ccc(-c2ccc(N(c3ccc(-c4ccccc4)c(-c4ccccc4)c3)c3cc(-c4ccccc4-n4c5ccccc5c5ccccc54)c4oc5ccccc5c4c3)cc2)cc1. The second-order valence-corrected chi connectivity index (χ2v) is 16.1. The maximum absolute atomic E-state index is 6.91. The first kappa shape index (κ1) is 36.5. The number of anilines is 3. The number of nitrogens with zero attached hydrogens (tertiary/aromatic N) is 2. The Morgan fingerprint density at radius 1 is 0.302 bits per heavy atom. The summed E-state index contributed by atoms with van der Waals surface area (Å²) in [5.74, 6) is 0. The molecule has 0 aliphatic rings. The Morgan fingerprint density at radius 2 is 0.810 bits per heavy atom. The molecule has 0 bridgehead atoms. The lowest BCUT2D eigenvalue weighted by atomic mass is 9.93. The third-order valence-corrected chi connectivity index (χ3v) is 12.4. The zero-order valence-corrected chi connectivity index (χ0v) is 34.4. The first-order valence-corrected chi connectivity index (χ1v) is 21.5. The minimum absolute atomic E-state index is 0.858. The Balaban J connectivity index is 1.14. The van der Waals surface area contributed by atoms with Gasteiger partial charge in [0.15, 0.2) is 0 Å². The van der Waals surface area contributed by atoms with E-state index >= 15 is 0 Å². The van der Waals surface area contributed by atoms with Gasteiger partial charge in [-0.2, -0.15) is 0 Å². The summed E-state index contributed by atoms with van der Waals surface area (Å²) >= 11 is 0. The Bertz CT molecular complexity index is 3550. The number of hydrogen-bond donors (Lipinski definition) is 0. The molecule has 0 saturated carbocycles. The number of para-hydroxylation sites is 4. The summed E-state index contributed by atoms with van der Waals surface area (Å²) < 4.78 is 9.32. The van der Waals surface area contributed by atoms with Crippen molar-refractivity contribution in [3.63, 3.8) is 0 Å². The molecular formula is C60H40N2O. The lowest BCUT2D eigenvalue weighted by Crippen LogP contribution is -2.10. The van der Waals surface area contributed by atoms with E-state index in [-0.39, 0.29) is 0 Å². The van der Waals surface area contributed by atoms with E-state index in [2.05, 4.69) is 252 Å². The van der Waals surface area contributed by atoms with E-state index in [4.69, 9.17) is 4.42 Å². The molecule has 63 heavy (non-hydrogen) atoms. The molecule has 0 unspecified atom stereocenters. The van der Waals surface area contributed by atoms with Crippen molar-refractivity contribution < 1.29 is 4.42 Å². The van der Waals surface area contributed by atoms with E-state index in [9.17, 15) is 0 Å². The quantitative estimate of drug-likeness (QED) is 0.153. The molecule has 0 N–H and O–H groups in total. The fourth-order valence-corrected chi connectivity index (χ4v) is 9.50. The second kappa shape index (κ2) is 15.3. The molecule has 0 aliphatic carbocycles. The maximum Gasteiger partial charge on any atom is 0.143 e. The maximum atomic E-state index is 6.91. The predicted octanol–water partition coefficient (Wildman–Crippen LogP) is 16.8. The van der Waals surface area contributed by atoms with E-state index in [0.29, 0.717) is 0 Å². The Labute approximate surface area is 366 Å². The van der Waals surface area contributed by atoms with Crippen molar-refractivity contribution in [3.05, 3.63) is 243 Å². The van der Waals surface area contributed by atoms with Crippen molar-refractivity contribution in [1.29, 1.82) is 0 Å². The normalized spacial score (nSPS) is 11.5. The first-order chi connectivity index (χ1) is 31.3. The molecule has 2 heterocycles. The standard InChI is InChI=1S/C60H40N2O/c1-4-18-41(19-5-1)42-32-34-45(35-33-42)61(46-36-37-48(43-20-6-2-7-21-43)53(38-46)44-22-8-3-9-23-44)47-39-54(60-55(40-47)52-27-13-17-31-59(52)63-60)51-26-12-16-30-58(51)62-56-28-14-10-24-49(56)50-25-11-15-29-57(50)62/h1-40H. The predicted molar refractivity (Wildman–Crippen MR) is 264 cm³/mol. The van der Waals surface area contributed by atoms with Crippen LogP contribution in [0.5, 0.6) is 0 Å². The zero-order valence-electron chi connectivity index (χ0n) is 34.4. The van der Waals surface area contributed by atoms with Crippen LogP contribution in [0.25, 0.3) is 93.9 Å². The van der Waals surface area contributed by atoms with Gasteiger partial charge < -0.3 is 13.9 Å². The van der Waals surface area contributed by atoms with Crippen LogP contribution >= 0.6 is 0 Å².